The van der Waals surface area contributed by atoms with Crippen molar-refractivity contribution < 1.29 is 14.3 Å². The van der Waals surface area contributed by atoms with Crippen LogP contribution in [0.3, 0.4) is 0 Å². The molecule has 0 unspecified atom stereocenters. The van der Waals surface area contributed by atoms with Gasteiger partial charge in [-0.05, 0) is 18.6 Å². The van der Waals surface area contributed by atoms with E-state index in [1.165, 1.54) is 12.0 Å². The number of nitrogens with zero attached hydrogens (tertiary/aromatic N) is 1. The smallest absolute Gasteiger partial charge is 0.325 e. The van der Waals surface area contributed by atoms with Gasteiger partial charge < -0.3 is 14.6 Å². The van der Waals surface area contributed by atoms with Crippen molar-refractivity contribution in [2.24, 2.45) is 0 Å². The van der Waals surface area contributed by atoms with Crippen LogP contribution in [-0.4, -0.2) is 42.0 Å². The van der Waals surface area contributed by atoms with Gasteiger partial charge in [0.15, 0.2) is 0 Å². The summed E-state index contributed by atoms with van der Waals surface area (Å²) in [5, 5.41) is 1.04. The summed E-state index contributed by atoms with van der Waals surface area (Å²) in [6.07, 6.45) is 2.11. The number of nitrogens with one attached hydrogen (secondary N) is 1. The number of aromatic nitrogens is 1. The summed E-state index contributed by atoms with van der Waals surface area (Å²) >= 11 is 0. The Hall–Kier alpha value is -2.30. The Morgan fingerprint density at radius 2 is 2.05 bits per heavy atom. The van der Waals surface area contributed by atoms with E-state index >= 15 is 0 Å². The molecule has 0 atom stereocenters. The molecule has 1 aromatic carbocycles. The van der Waals surface area contributed by atoms with Gasteiger partial charge in [-0.1, -0.05) is 18.2 Å². The van der Waals surface area contributed by atoms with Gasteiger partial charge in [0.05, 0.1) is 13.5 Å². The number of benzene rings is 1. The molecule has 0 saturated heterocycles. The Bertz CT molecular complexity index is 618. The lowest BCUT2D eigenvalue weighted by molar-refractivity contribution is -0.146. The fourth-order valence-corrected chi connectivity index (χ4v) is 2.15. The summed E-state index contributed by atoms with van der Waals surface area (Å²) in [6, 6.07) is 7.83. The highest BCUT2D eigenvalue weighted by atomic mass is 16.5. The van der Waals surface area contributed by atoms with Gasteiger partial charge in [0, 0.05) is 23.6 Å². The third-order valence-electron chi connectivity index (χ3n) is 3.30. The Labute approximate surface area is 117 Å². The molecule has 106 valence electrons. The number of fused-ring (bicyclic) bond motifs is 1. The van der Waals surface area contributed by atoms with Crippen LogP contribution in [0.25, 0.3) is 10.9 Å². The molecule has 1 amide bonds. The monoisotopic (exact) mass is 274 g/mol. The van der Waals surface area contributed by atoms with Crippen LogP contribution in [0.2, 0.25) is 0 Å². The third-order valence-corrected chi connectivity index (χ3v) is 3.30. The van der Waals surface area contributed by atoms with Crippen molar-refractivity contribution in [2.45, 2.75) is 13.3 Å². The summed E-state index contributed by atoms with van der Waals surface area (Å²) in [6.45, 7) is 2.32. The lowest BCUT2D eigenvalue weighted by Crippen LogP contribution is -2.36. The molecule has 0 saturated carbocycles. The van der Waals surface area contributed by atoms with Crippen LogP contribution < -0.4 is 0 Å². The normalized spacial score (nSPS) is 10.5. The number of esters is 1. The van der Waals surface area contributed by atoms with Gasteiger partial charge in [-0.3, -0.25) is 9.59 Å². The van der Waals surface area contributed by atoms with Crippen LogP contribution >= 0.6 is 0 Å². The molecule has 0 aliphatic heterocycles. The van der Waals surface area contributed by atoms with Crippen molar-refractivity contribution in [2.75, 3.05) is 20.2 Å². The van der Waals surface area contributed by atoms with Gasteiger partial charge in [-0.15, -0.1) is 0 Å². The van der Waals surface area contributed by atoms with E-state index in [2.05, 4.69) is 9.72 Å². The second-order valence-corrected chi connectivity index (χ2v) is 4.52. The Morgan fingerprint density at radius 3 is 2.75 bits per heavy atom. The van der Waals surface area contributed by atoms with E-state index in [4.69, 9.17) is 0 Å². The number of H-pyrrole nitrogens is 1. The highest BCUT2D eigenvalue weighted by Crippen LogP contribution is 2.18. The van der Waals surface area contributed by atoms with E-state index in [1.807, 2.05) is 37.4 Å². The van der Waals surface area contributed by atoms with Crippen molar-refractivity contribution in [3.8, 4) is 0 Å². The highest BCUT2D eigenvalue weighted by Gasteiger charge is 2.17. The number of amides is 1. The molecule has 5 heteroatoms. The summed E-state index contributed by atoms with van der Waals surface area (Å²) in [5.41, 5.74) is 1.94. The number of carbonyl (C=O) groups excluding carboxylic acids is 2. The predicted octanol–water partition coefficient (Wildman–Crippen LogP) is 1.73. The first-order valence-corrected chi connectivity index (χ1v) is 6.55. The molecule has 1 N–H and O–H groups in total. The minimum Gasteiger partial charge on any atom is -0.468 e. The van der Waals surface area contributed by atoms with Crippen molar-refractivity contribution in [3.63, 3.8) is 0 Å². The fraction of sp³-hybridized carbons (Fsp3) is 0.333. The molecule has 1 heterocycles. The summed E-state index contributed by atoms with van der Waals surface area (Å²) in [5.74, 6) is -0.484. The number of rotatable bonds is 5. The lowest BCUT2D eigenvalue weighted by Gasteiger charge is -2.19. The molecule has 0 aliphatic rings. The first kappa shape index (κ1) is 14.1. The molecule has 0 spiro atoms. The molecule has 2 rings (SSSR count). The van der Waals surface area contributed by atoms with Gasteiger partial charge in [-0.2, -0.15) is 0 Å². The highest BCUT2D eigenvalue weighted by molar-refractivity contribution is 5.90. The minimum absolute atomic E-state index is 0.00577. The first-order chi connectivity index (χ1) is 9.65. The number of likely N-dealkylation sites (N-methyl/N-ethyl adjacent to an activating group) is 1. The van der Waals surface area contributed by atoms with Gasteiger partial charge in [-0.25, -0.2) is 0 Å². The number of hydrogen-bond acceptors (Lipinski definition) is 3. The second-order valence-electron chi connectivity index (χ2n) is 4.52. The number of carbonyl (C=O) groups is 2. The standard InChI is InChI=1S/C15H18N2O3/c1-3-17(10-15(19)20-2)14(18)8-11-9-16-13-7-5-4-6-12(11)13/h4-7,9,16H,3,8,10H2,1-2H3. The number of ether oxygens (including phenoxy) is 1. The van der Waals surface area contributed by atoms with Gasteiger partial charge in [0.2, 0.25) is 5.91 Å². The molecule has 0 radical (unpaired) electrons. The zero-order valence-corrected chi connectivity index (χ0v) is 11.7. The van der Waals surface area contributed by atoms with E-state index in [0.717, 1.165) is 16.5 Å². The minimum atomic E-state index is -0.404. The third kappa shape index (κ3) is 2.99. The number of aromatic amines is 1. The fourth-order valence-electron chi connectivity index (χ4n) is 2.15. The average Bonchev–Trinajstić information content (AvgIpc) is 2.87. The van der Waals surface area contributed by atoms with E-state index in [-0.39, 0.29) is 18.9 Å². The van der Waals surface area contributed by atoms with Gasteiger partial charge in [0.1, 0.15) is 6.54 Å². The molecule has 0 aliphatic carbocycles. The van der Waals surface area contributed by atoms with E-state index < -0.39 is 5.97 Å². The van der Waals surface area contributed by atoms with Crippen molar-refractivity contribution in [3.05, 3.63) is 36.0 Å². The summed E-state index contributed by atoms with van der Waals surface area (Å²) < 4.78 is 4.60. The van der Waals surface area contributed by atoms with Crippen LogP contribution in [0.15, 0.2) is 30.5 Å². The van der Waals surface area contributed by atoms with Crippen molar-refractivity contribution >= 4 is 22.8 Å². The van der Waals surface area contributed by atoms with E-state index in [0.29, 0.717) is 6.54 Å². The van der Waals surface area contributed by atoms with Gasteiger partial charge in [0.25, 0.3) is 0 Å². The number of para-hydroxylation sites is 1. The van der Waals surface area contributed by atoms with Crippen LogP contribution in [-0.2, 0) is 20.7 Å². The molecule has 0 bridgehead atoms. The van der Waals surface area contributed by atoms with E-state index in [1.54, 1.807) is 0 Å². The van der Waals surface area contributed by atoms with Crippen molar-refractivity contribution in [1.29, 1.82) is 0 Å². The van der Waals surface area contributed by atoms with Crippen LogP contribution in [0.4, 0.5) is 0 Å². The average molecular weight is 274 g/mol. The molecule has 0 fully saturated rings. The van der Waals surface area contributed by atoms with Gasteiger partial charge >= 0.3 is 5.97 Å². The predicted molar refractivity (Wildman–Crippen MR) is 76.3 cm³/mol. The maximum Gasteiger partial charge on any atom is 0.325 e. The molecule has 1 aromatic heterocycles. The van der Waals surface area contributed by atoms with Crippen molar-refractivity contribution in [1.82, 2.24) is 9.88 Å². The zero-order valence-electron chi connectivity index (χ0n) is 11.7. The number of hydrogen-bond donors (Lipinski definition) is 1. The molecule has 2 aromatic rings. The first-order valence-electron chi connectivity index (χ1n) is 6.55. The Kier molecular flexibility index (Phi) is 4.40. The van der Waals surface area contributed by atoms with Crippen LogP contribution in [0, 0.1) is 0 Å². The van der Waals surface area contributed by atoms with Crippen LogP contribution in [0.5, 0.6) is 0 Å². The second kappa shape index (κ2) is 6.23. The van der Waals surface area contributed by atoms with Crippen LogP contribution in [0.1, 0.15) is 12.5 Å². The summed E-state index contributed by atoms with van der Waals surface area (Å²) in [4.78, 5) is 28.2. The Balaban J connectivity index is 2.12. The zero-order chi connectivity index (χ0) is 14.5. The quantitative estimate of drug-likeness (QED) is 0.845. The maximum atomic E-state index is 12.2. The number of methoxy groups -OCH3 is 1. The SMILES string of the molecule is CCN(CC(=O)OC)C(=O)Cc1c[nH]c2ccccc12. The molecule has 5 nitrogen and oxygen atoms in total. The largest absolute Gasteiger partial charge is 0.468 e. The topological polar surface area (TPSA) is 62.4 Å². The molecular formula is C15H18N2O3. The Morgan fingerprint density at radius 1 is 1.30 bits per heavy atom. The molecular weight excluding hydrogens is 256 g/mol. The summed E-state index contributed by atoms with van der Waals surface area (Å²) in [7, 11) is 1.32. The molecule has 20 heavy (non-hydrogen) atoms. The lowest BCUT2D eigenvalue weighted by atomic mass is 10.1. The van der Waals surface area contributed by atoms with E-state index in [9.17, 15) is 9.59 Å². The maximum absolute atomic E-state index is 12.2.